The molecule has 1 aliphatic heterocycles. The molecule has 0 aromatic carbocycles. The van der Waals surface area contributed by atoms with Gasteiger partial charge in [-0.3, -0.25) is 0 Å². The van der Waals surface area contributed by atoms with Crippen molar-refractivity contribution in [3.05, 3.63) is 22.8 Å². The van der Waals surface area contributed by atoms with Crippen LogP contribution in [0.5, 0.6) is 0 Å². The van der Waals surface area contributed by atoms with Crippen LogP contribution in [-0.4, -0.2) is 29.1 Å². The van der Waals surface area contributed by atoms with Gasteiger partial charge in [0.25, 0.3) is 0 Å². The molecular weight excluding hydrogens is 252 g/mol. The second-order valence-electron chi connectivity index (χ2n) is 5.50. The summed E-state index contributed by atoms with van der Waals surface area (Å²) in [6.07, 6.45) is 2.19. The molecule has 1 fully saturated rings. The molecular formula is C13H17ClN2O2. The topological polar surface area (TPSA) is 53.4 Å². The summed E-state index contributed by atoms with van der Waals surface area (Å²) in [4.78, 5) is 17.4. The zero-order valence-corrected chi connectivity index (χ0v) is 11.4. The van der Waals surface area contributed by atoms with Crippen LogP contribution >= 0.6 is 11.6 Å². The average Bonchev–Trinajstić information content (AvgIpc) is 2.27. The fraction of sp³-hybridized carbons (Fsp3) is 0.538. The third-order valence-corrected chi connectivity index (χ3v) is 3.48. The van der Waals surface area contributed by atoms with Crippen molar-refractivity contribution in [1.29, 1.82) is 0 Å². The lowest BCUT2D eigenvalue weighted by Gasteiger charge is -2.39. The van der Waals surface area contributed by atoms with E-state index in [0.717, 1.165) is 25.9 Å². The smallest absolute Gasteiger partial charge is 0.339 e. The average molecular weight is 269 g/mol. The van der Waals surface area contributed by atoms with Gasteiger partial charge < -0.3 is 10.0 Å². The fourth-order valence-electron chi connectivity index (χ4n) is 2.44. The largest absolute Gasteiger partial charge is 0.478 e. The van der Waals surface area contributed by atoms with Crippen molar-refractivity contribution >= 4 is 23.4 Å². The van der Waals surface area contributed by atoms with Gasteiger partial charge in [0.1, 0.15) is 16.5 Å². The lowest BCUT2D eigenvalue weighted by molar-refractivity contribution is 0.0696. The summed E-state index contributed by atoms with van der Waals surface area (Å²) in [5, 5.41) is 9.54. The van der Waals surface area contributed by atoms with Gasteiger partial charge in [-0.1, -0.05) is 25.4 Å². The van der Waals surface area contributed by atoms with Gasteiger partial charge in [0.2, 0.25) is 0 Å². The van der Waals surface area contributed by atoms with E-state index in [1.807, 2.05) is 4.90 Å². The molecule has 4 nitrogen and oxygen atoms in total. The number of carboxylic acids is 1. The summed E-state index contributed by atoms with van der Waals surface area (Å²) < 4.78 is 0. The Kier molecular flexibility index (Phi) is 3.48. The molecule has 1 aromatic heterocycles. The van der Waals surface area contributed by atoms with E-state index < -0.39 is 5.97 Å². The van der Waals surface area contributed by atoms with Crippen molar-refractivity contribution < 1.29 is 9.90 Å². The van der Waals surface area contributed by atoms with E-state index in [1.54, 1.807) is 0 Å². The van der Waals surface area contributed by atoms with Crippen molar-refractivity contribution in [3.8, 4) is 0 Å². The monoisotopic (exact) mass is 268 g/mol. The molecule has 0 unspecified atom stereocenters. The molecule has 18 heavy (non-hydrogen) atoms. The molecule has 1 aromatic rings. The molecule has 0 amide bonds. The highest BCUT2D eigenvalue weighted by molar-refractivity contribution is 6.29. The van der Waals surface area contributed by atoms with Gasteiger partial charge in [0.15, 0.2) is 0 Å². The lowest BCUT2D eigenvalue weighted by atomic mass is 9.84. The molecule has 98 valence electrons. The second kappa shape index (κ2) is 4.76. The quantitative estimate of drug-likeness (QED) is 0.838. The van der Waals surface area contributed by atoms with Crippen LogP contribution in [0, 0.1) is 5.41 Å². The lowest BCUT2D eigenvalue weighted by Crippen LogP contribution is -2.41. The molecule has 2 rings (SSSR count). The van der Waals surface area contributed by atoms with Crippen molar-refractivity contribution in [2.45, 2.75) is 26.7 Å². The molecule has 5 heteroatoms. The number of hydrogen-bond donors (Lipinski definition) is 1. The van der Waals surface area contributed by atoms with Crippen LogP contribution < -0.4 is 4.90 Å². The van der Waals surface area contributed by atoms with Crippen LogP contribution in [0.3, 0.4) is 0 Å². The van der Waals surface area contributed by atoms with Gasteiger partial charge in [-0.2, -0.15) is 0 Å². The molecule has 1 N–H and O–H groups in total. The third kappa shape index (κ3) is 2.75. The van der Waals surface area contributed by atoms with E-state index in [4.69, 9.17) is 11.6 Å². The van der Waals surface area contributed by atoms with Crippen LogP contribution in [0.15, 0.2) is 12.1 Å². The van der Waals surface area contributed by atoms with Crippen LogP contribution in [0.4, 0.5) is 5.82 Å². The van der Waals surface area contributed by atoms with Crippen molar-refractivity contribution in [3.63, 3.8) is 0 Å². The summed E-state index contributed by atoms with van der Waals surface area (Å²) in [7, 11) is 0. The highest BCUT2D eigenvalue weighted by Gasteiger charge is 2.29. The molecule has 0 bridgehead atoms. The SMILES string of the molecule is CC1(C)CCCN(c2nc(Cl)ccc2C(=O)O)C1. The number of piperidine rings is 1. The standard InChI is InChI=1S/C13H17ClN2O2/c1-13(2)6-3-7-16(8-13)11-9(12(17)18)4-5-10(14)15-11/h4-5H,3,6-8H2,1-2H3,(H,17,18). The number of nitrogens with zero attached hydrogens (tertiary/aromatic N) is 2. The minimum absolute atomic E-state index is 0.179. The number of aromatic carboxylic acids is 1. The van der Waals surface area contributed by atoms with Gasteiger partial charge in [-0.25, -0.2) is 9.78 Å². The van der Waals surface area contributed by atoms with E-state index in [1.165, 1.54) is 12.1 Å². The zero-order chi connectivity index (χ0) is 13.3. The van der Waals surface area contributed by atoms with Gasteiger partial charge >= 0.3 is 5.97 Å². The third-order valence-electron chi connectivity index (χ3n) is 3.27. The number of carbonyl (C=O) groups is 1. The summed E-state index contributed by atoms with van der Waals surface area (Å²) in [5.41, 5.74) is 0.398. The molecule has 0 atom stereocenters. The first-order valence-corrected chi connectivity index (χ1v) is 6.42. The van der Waals surface area contributed by atoms with Gasteiger partial charge in [-0.15, -0.1) is 0 Å². The van der Waals surface area contributed by atoms with E-state index in [2.05, 4.69) is 18.8 Å². The highest BCUT2D eigenvalue weighted by Crippen LogP contribution is 2.32. The predicted molar refractivity (Wildman–Crippen MR) is 71.4 cm³/mol. The number of rotatable bonds is 2. The van der Waals surface area contributed by atoms with Crippen molar-refractivity contribution in [1.82, 2.24) is 4.98 Å². The van der Waals surface area contributed by atoms with Gasteiger partial charge in [-0.05, 0) is 30.4 Å². The maximum absolute atomic E-state index is 11.2. The Morgan fingerprint density at radius 1 is 1.50 bits per heavy atom. The van der Waals surface area contributed by atoms with Crippen molar-refractivity contribution in [2.75, 3.05) is 18.0 Å². The maximum atomic E-state index is 11.2. The van der Waals surface area contributed by atoms with Crippen LogP contribution in [-0.2, 0) is 0 Å². The van der Waals surface area contributed by atoms with Gasteiger partial charge in [0, 0.05) is 13.1 Å². The number of pyridine rings is 1. The molecule has 0 radical (unpaired) electrons. The Bertz CT molecular complexity index is 474. The fourth-order valence-corrected chi connectivity index (χ4v) is 2.58. The summed E-state index contributed by atoms with van der Waals surface area (Å²) in [5.74, 6) is -0.472. The first-order valence-electron chi connectivity index (χ1n) is 6.04. The Morgan fingerprint density at radius 3 is 2.83 bits per heavy atom. The first-order chi connectivity index (χ1) is 8.39. The Morgan fingerprint density at radius 2 is 2.22 bits per heavy atom. The van der Waals surface area contributed by atoms with Gasteiger partial charge in [0.05, 0.1) is 0 Å². The number of anilines is 1. The number of halogens is 1. The second-order valence-corrected chi connectivity index (χ2v) is 5.89. The zero-order valence-electron chi connectivity index (χ0n) is 10.6. The normalized spacial score (nSPS) is 18.7. The Labute approximate surface area is 112 Å². The van der Waals surface area contributed by atoms with E-state index in [0.29, 0.717) is 11.0 Å². The predicted octanol–water partition coefficient (Wildman–Crippen LogP) is 3.06. The van der Waals surface area contributed by atoms with E-state index in [9.17, 15) is 9.90 Å². The van der Waals surface area contributed by atoms with E-state index >= 15 is 0 Å². The Hall–Kier alpha value is -1.29. The summed E-state index contributed by atoms with van der Waals surface area (Å²) in [6.45, 7) is 6.01. The first kappa shape index (κ1) is 13.1. The van der Waals surface area contributed by atoms with Crippen molar-refractivity contribution in [2.24, 2.45) is 5.41 Å². The number of aromatic nitrogens is 1. The molecule has 1 aliphatic rings. The van der Waals surface area contributed by atoms with Crippen LogP contribution in [0.2, 0.25) is 5.15 Å². The molecule has 0 aliphatic carbocycles. The molecule has 0 spiro atoms. The maximum Gasteiger partial charge on any atom is 0.339 e. The van der Waals surface area contributed by atoms with E-state index in [-0.39, 0.29) is 11.0 Å². The summed E-state index contributed by atoms with van der Waals surface area (Å²) >= 11 is 5.88. The Balaban J connectivity index is 2.37. The number of hydrogen-bond acceptors (Lipinski definition) is 3. The van der Waals surface area contributed by atoms with Crippen LogP contribution in [0.1, 0.15) is 37.0 Å². The minimum Gasteiger partial charge on any atom is -0.478 e. The van der Waals surface area contributed by atoms with Crippen LogP contribution in [0.25, 0.3) is 0 Å². The highest BCUT2D eigenvalue weighted by atomic mass is 35.5. The minimum atomic E-state index is -0.961. The molecule has 1 saturated heterocycles. The molecule has 2 heterocycles. The molecule has 0 saturated carbocycles. The summed E-state index contributed by atoms with van der Waals surface area (Å²) in [6, 6.07) is 3.04. The number of carboxylic acid groups (broad SMARTS) is 1.